The van der Waals surface area contributed by atoms with Crippen molar-refractivity contribution in [3.05, 3.63) is 52.6 Å². The minimum Gasteiger partial charge on any atom is -0.268 e. The van der Waals surface area contributed by atoms with Crippen LogP contribution in [0.5, 0.6) is 0 Å². The van der Waals surface area contributed by atoms with Crippen LogP contribution in [0.15, 0.2) is 30.5 Å². The molecule has 0 aliphatic rings. The zero-order valence-electron chi connectivity index (χ0n) is 8.88. The van der Waals surface area contributed by atoms with Crippen molar-refractivity contribution in [2.24, 2.45) is 0 Å². The van der Waals surface area contributed by atoms with Gasteiger partial charge in [0.25, 0.3) is 0 Å². The van der Waals surface area contributed by atoms with Crippen LogP contribution in [0.25, 0.3) is 0 Å². The highest BCUT2D eigenvalue weighted by molar-refractivity contribution is 6.30. The molecule has 0 aliphatic carbocycles. The van der Waals surface area contributed by atoms with Crippen LogP contribution < -0.4 is 0 Å². The summed E-state index contributed by atoms with van der Waals surface area (Å²) in [6.45, 7) is -0.0842. The molecule has 0 saturated heterocycles. The van der Waals surface area contributed by atoms with Crippen LogP contribution in [-0.2, 0) is 12.7 Å². The molecule has 2 nitrogen and oxygen atoms in total. The Hall–Kier alpha value is -1.56. The molecule has 0 amide bonds. The maximum atomic E-state index is 13.4. The normalized spacial score (nSPS) is 11.8. The summed E-state index contributed by atoms with van der Waals surface area (Å²) in [6.07, 6.45) is -3.35. The molecule has 0 radical (unpaired) electrons. The van der Waals surface area contributed by atoms with Crippen LogP contribution in [0, 0.1) is 5.82 Å². The molecular weight excluding hydrogens is 272 g/mol. The smallest absolute Gasteiger partial charge is 0.268 e. The molecule has 0 spiro atoms. The van der Waals surface area contributed by atoms with E-state index in [9.17, 15) is 17.6 Å². The second kappa shape index (κ2) is 4.61. The number of hydrogen-bond acceptors (Lipinski definition) is 1. The fourth-order valence-electron chi connectivity index (χ4n) is 1.43. The van der Waals surface area contributed by atoms with Gasteiger partial charge in [-0.1, -0.05) is 17.7 Å². The Morgan fingerprint density at radius 1 is 1.22 bits per heavy atom. The Labute approximate surface area is 105 Å². The van der Waals surface area contributed by atoms with Crippen molar-refractivity contribution in [3.63, 3.8) is 0 Å². The molecule has 96 valence electrons. The summed E-state index contributed by atoms with van der Waals surface area (Å²) in [6, 6.07) is 4.82. The van der Waals surface area contributed by atoms with Crippen molar-refractivity contribution in [1.82, 2.24) is 9.78 Å². The topological polar surface area (TPSA) is 17.8 Å². The first-order valence-electron chi connectivity index (χ1n) is 4.91. The van der Waals surface area contributed by atoms with Crippen molar-refractivity contribution in [3.8, 4) is 0 Å². The van der Waals surface area contributed by atoms with E-state index in [0.29, 0.717) is 0 Å². The highest BCUT2D eigenvalue weighted by atomic mass is 35.5. The zero-order chi connectivity index (χ0) is 13.3. The molecule has 18 heavy (non-hydrogen) atoms. The maximum absolute atomic E-state index is 13.4. The molecule has 0 fully saturated rings. The third-order valence-electron chi connectivity index (χ3n) is 2.28. The summed E-state index contributed by atoms with van der Waals surface area (Å²) in [4.78, 5) is 0. The first kappa shape index (κ1) is 12.9. The number of nitrogens with zero attached hydrogens (tertiary/aromatic N) is 2. The number of halogens is 5. The third kappa shape index (κ3) is 2.81. The largest absolute Gasteiger partial charge is 0.435 e. The summed E-state index contributed by atoms with van der Waals surface area (Å²) in [5, 5.41) is 3.56. The lowest BCUT2D eigenvalue weighted by Crippen LogP contribution is -2.09. The molecular formula is C11H7ClF4N2. The summed E-state index contributed by atoms with van der Waals surface area (Å²) in [5.74, 6) is -0.577. The van der Waals surface area contributed by atoms with Crippen molar-refractivity contribution < 1.29 is 17.6 Å². The summed E-state index contributed by atoms with van der Waals surface area (Å²) < 4.78 is 51.4. The predicted octanol–water partition coefficient (Wildman–Crippen LogP) is 3.74. The highest BCUT2D eigenvalue weighted by Gasteiger charge is 2.33. The Kier molecular flexibility index (Phi) is 3.30. The minimum absolute atomic E-state index is 0.0842. The minimum atomic E-state index is -4.50. The van der Waals surface area contributed by atoms with Crippen LogP contribution in [0.2, 0.25) is 5.02 Å². The van der Waals surface area contributed by atoms with Gasteiger partial charge in [-0.05, 0) is 18.2 Å². The van der Waals surface area contributed by atoms with E-state index in [4.69, 9.17) is 11.6 Å². The number of hydrogen-bond donors (Lipinski definition) is 0. The molecule has 1 aromatic carbocycles. The second-order valence-corrected chi connectivity index (χ2v) is 4.07. The van der Waals surface area contributed by atoms with Crippen molar-refractivity contribution in [1.29, 1.82) is 0 Å². The van der Waals surface area contributed by atoms with Crippen LogP contribution in [-0.4, -0.2) is 9.78 Å². The first-order valence-corrected chi connectivity index (χ1v) is 5.28. The average Bonchev–Trinajstić information content (AvgIpc) is 2.70. The Bertz CT molecular complexity index is 562. The molecule has 0 bridgehead atoms. The van der Waals surface area contributed by atoms with Crippen molar-refractivity contribution in [2.45, 2.75) is 12.7 Å². The molecule has 0 saturated carbocycles. The number of aromatic nitrogens is 2. The molecule has 7 heteroatoms. The van der Waals surface area contributed by atoms with Gasteiger partial charge in [0.15, 0.2) is 5.69 Å². The van der Waals surface area contributed by atoms with E-state index in [1.165, 1.54) is 12.1 Å². The van der Waals surface area contributed by atoms with E-state index in [0.717, 1.165) is 23.0 Å². The maximum Gasteiger partial charge on any atom is 0.435 e. The molecule has 0 atom stereocenters. The highest BCUT2D eigenvalue weighted by Crippen LogP contribution is 2.27. The van der Waals surface area contributed by atoms with Gasteiger partial charge in [0.2, 0.25) is 0 Å². The van der Waals surface area contributed by atoms with Gasteiger partial charge in [-0.3, -0.25) is 4.68 Å². The zero-order valence-corrected chi connectivity index (χ0v) is 9.63. The van der Waals surface area contributed by atoms with Gasteiger partial charge in [-0.15, -0.1) is 0 Å². The first-order chi connectivity index (χ1) is 8.36. The second-order valence-electron chi connectivity index (χ2n) is 3.63. The molecule has 2 rings (SSSR count). The van der Waals surface area contributed by atoms with Gasteiger partial charge in [-0.25, -0.2) is 4.39 Å². The van der Waals surface area contributed by atoms with E-state index in [-0.39, 0.29) is 17.1 Å². The summed E-state index contributed by atoms with van der Waals surface area (Å²) >= 11 is 5.57. The number of benzene rings is 1. The van der Waals surface area contributed by atoms with E-state index in [2.05, 4.69) is 5.10 Å². The molecule has 2 aromatic rings. The lowest BCUT2D eigenvalue weighted by atomic mass is 10.2. The van der Waals surface area contributed by atoms with Crippen LogP contribution in [0.4, 0.5) is 17.6 Å². The van der Waals surface area contributed by atoms with Gasteiger partial charge in [-0.2, -0.15) is 18.3 Å². The fraction of sp³-hybridized carbons (Fsp3) is 0.182. The Morgan fingerprint density at radius 2 is 1.94 bits per heavy atom. The van der Waals surface area contributed by atoms with Crippen LogP contribution in [0.3, 0.4) is 0 Å². The average molecular weight is 279 g/mol. The quantitative estimate of drug-likeness (QED) is 0.765. The van der Waals surface area contributed by atoms with Gasteiger partial charge < -0.3 is 0 Å². The summed E-state index contributed by atoms with van der Waals surface area (Å²) in [5.41, 5.74) is -0.784. The summed E-state index contributed by atoms with van der Waals surface area (Å²) in [7, 11) is 0. The molecule has 0 N–H and O–H groups in total. The Balaban J connectivity index is 2.21. The monoisotopic (exact) mass is 278 g/mol. The molecule has 0 unspecified atom stereocenters. The third-order valence-corrected chi connectivity index (χ3v) is 2.51. The van der Waals surface area contributed by atoms with Gasteiger partial charge in [0.05, 0.1) is 6.54 Å². The number of alkyl halides is 3. The predicted molar refractivity (Wildman–Crippen MR) is 57.7 cm³/mol. The van der Waals surface area contributed by atoms with Crippen LogP contribution >= 0.6 is 11.6 Å². The van der Waals surface area contributed by atoms with Crippen molar-refractivity contribution >= 4 is 11.6 Å². The Morgan fingerprint density at radius 3 is 2.50 bits per heavy atom. The molecule has 1 heterocycles. The SMILES string of the molecule is Fc1cc(Cl)ccc1Cn1ccc(C(F)(F)F)n1. The lowest BCUT2D eigenvalue weighted by Gasteiger charge is -2.05. The standard InChI is InChI=1S/C11H7ClF4N2/c12-8-2-1-7(9(13)5-8)6-18-4-3-10(17-18)11(14,15)16/h1-5H,6H2. The van der Waals surface area contributed by atoms with Crippen molar-refractivity contribution in [2.75, 3.05) is 0 Å². The van der Waals surface area contributed by atoms with Crippen LogP contribution in [0.1, 0.15) is 11.3 Å². The molecule has 1 aromatic heterocycles. The molecule has 0 aliphatic heterocycles. The lowest BCUT2D eigenvalue weighted by molar-refractivity contribution is -0.141. The fourth-order valence-corrected chi connectivity index (χ4v) is 1.58. The number of rotatable bonds is 2. The van der Waals surface area contributed by atoms with Gasteiger partial charge >= 0.3 is 6.18 Å². The van der Waals surface area contributed by atoms with Gasteiger partial charge in [0.1, 0.15) is 5.82 Å². The van der Waals surface area contributed by atoms with E-state index >= 15 is 0 Å². The van der Waals surface area contributed by atoms with Gasteiger partial charge in [0, 0.05) is 16.8 Å². The van der Waals surface area contributed by atoms with E-state index in [1.54, 1.807) is 0 Å². The van der Waals surface area contributed by atoms with E-state index in [1.807, 2.05) is 0 Å². The van der Waals surface area contributed by atoms with E-state index < -0.39 is 17.7 Å².